The Morgan fingerprint density at radius 1 is 1.47 bits per heavy atom. The number of hydrogen-bond acceptors (Lipinski definition) is 4. The standard InChI is InChI=1S/C11H20N2S2/c1-8(2)11-13-7-10(15-11)6-12-5-9(3)14-4/h7-9,12H,5-6H2,1-4H3. The molecule has 86 valence electrons. The first kappa shape index (κ1) is 13.0. The Labute approximate surface area is 101 Å². The molecule has 0 saturated heterocycles. The maximum absolute atomic E-state index is 4.41. The quantitative estimate of drug-likeness (QED) is 0.832. The number of thiazole rings is 1. The van der Waals surface area contributed by atoms with Gasteiger partial charge in [-0.2, -0.15) is 11.8 Å². The van der Waals surface area contributed by atoms with Crippen LogP contribution in [0.4, 0.5) is 0 Å². The first-order valence-electron chi connectivity index (χ1n) is 5.31. The SMILES string of the molecule is CSC(C)CNCc1cnc(C(C)C)s1. The summed E-state index contributed by atoms with van der Waals surface area (Å²) < 4.78 is 0. The predicted molar refractivity (Wildman–Crippen MR) is 70.9 cm³/mol. The maximum Gasteiger partial charge on any atom is 0.0953 e. The highest BCUT2D eigenvalue weighted by molar-refractivity contribution is 7.99. The Morgan fingerprint density at radius 2 is 2.20 bits per heavy atom. The van der Waals surface area contributed by atoms with E-state index in [4.69, 9.17) is 0 Å². The van der Waals surface area contributed by atoms with Crippen molar-refractivity contribution in [1.82, 2.24) is 10.3 Å². The van der Waals surface area contributed by atoms with E-state index in [-0.39, 0.29) is 0 Å². The van der Waals surface area contributed by atoms with Gasteiger partial charge in [-0.15, -0.1) is 11.3 Å². The lowest BCUT2D eigenvalue weighted by Gasteiger charge is -2.08. The van der Waals surface area contributed by atoms with Crippen molar-refractivity contribution >= 4 is 23.1 Å². The number of nitrogens with zero attached hydrogens (tertiary/aromatic N) is 1. The summed E-state index contributed by atoms with van der Waals surface area (Å²) in [4.78, 5) is 5.75. The second kappa shape index (κ2) is 6.51. The summed E-state index contributed by atoms with van der Waals surface area (Å²) >= 11 is 3.72. The van der Waals surface area contributed by atoms with E-state index >= 15 is 0 Å². The van der Waals surface area contributed by atoms with Crippen LogP contribution in [0.25, 0.3) is 0 Å². The van der Waals surface area contributed by atoms with Gasteiger partial charge in [-0.1, -0.05) is 20.8 Å². The largest absolute Gasteiger partial charge is 0.311 e. The van der Waals surface area contributed by atoms with Crippen LogP contribution in [0.3, 0.4) is 0 Å². The molecule has 1 unspecified atom stereocenters. The minimum atomic E-state index is 0.550. The van der Waals surface area contributed by atoms with Gasteiger partial charge in [0.2, 0.25) is 0 Å². The normalized spacial score (nSPS) is 13.4. The summed E-state index contributed by atoms with van der Waals surface area (Å²) in [5.41, 5.74) is 0. The van der Waals surface area contributed by atoms with E-state index in [1.165, 1.54) is 9.88 Å². The molecule has 0 aromatic carbocycles. The van der Waals surface area contributed by atoms with Gasteiger partial charge in [0.15, 0.2) is 0 Å². The van der Waals surface area contributed by atoms with Gasteiger partial charge < -0.3 is 5.32 Å². The number of nitrogens with one attached hydrogen (secondary N) is 1. The van der Waals surface area contributed by atoms with Crippen LogP contribution in [0.5, 0.6) is 0 Å². The van der Waals surface area contributed by atoms with Crippen LogP contribution >= 0.6 is 23.1 Å². The number of hydrogen-bond donors (Lipinski definition) is 1. The van der Waals surface area contributed by atoms with Crippen molar-refractivity contribution in [2.24, 2.45) is 0 Å². The molecule has 0 saturated carbocycles. The van der Waals surface area contributed by atoms with Gasteiger partial charge >= 0.3 is 0 Å². The summed E-state index contributed by atoms with van der Waals surface area (Å²) in [7, 11) is 0. The van der Waals surface area contributed by atoms with Crippen molar-refractivity contribution in [2.45, 2.75) is 38.5 Å². The van der Waals surface area contributed by atoms with Crippen LogP contribution in [0, 0.1) is 0 Å². The fraction of sp³-hybridized carbons (Fsp3) is 0.727. The van der Waals surface area contributed by atoms with Gasteiger partial charge in [-0.3, -0.25) is 0 Å². The third-order valence-corrected chi connectivity index (χ3v) is 4.47. The summed E-state index contributed by atoms with van der Waals surface area (Å²) in [6, 6.07) is 0. The van der Waals surface area contributed by atoms with Gasteiger partial charge in [0.1, 0.15) is 0 Å². The summed E-state index contributed by atoms with van der Waals surface area (Å²) in [5.74, 6) is 0.550. The van der Waals surface area contributed by atoms with E-state index < -0.39 is 0 Å². The molecule has 2 nitrogen and oxygen atoms in total. The molecule has 1 rings (SSSR count). The van der Waals surface area contributed by atoms with Gasteiger partial charge in [0, 0.05) is 35.3 Å². The topological polar surface area (TPSA) is 24.9 Å². The molecule has 1 N–H and O–H groups in total. The molecule has 1 aromatic heterocycles. The number of rotatable bonds is 6. The van der Waals surface area contributed by atoms with E-state index in [1.54, 1.807) is 0 Å². The van der Waals surface area contributed by atoms with Crippen molar-refractivity contribution in [3.63, 3.8) is 0 Å². The highest BCUT2D eigenvalue weighted by atomic mass is 32.2. The summed E-state index contributed by atoms with van der Waals surface area (Å²) in [6.07, 6.45) is 4.15. The molecule has 1 heterocycles. The maximum atomic E-state index is 4.41. The fourth-order valence-electron chi connectivity index (χ4n) is 1.15. The lowest BCUT2D eigenvalue weighted by atomic mass is 10.2. The molecule has 1 atom stereocenters. The lowest BCUT2D eigenvalue weighted by Crippen LogP contribution is -2.21. The second-order valence-corrected chi connectivity index (χ2v) is 6.42. The molecular weight excluding hydrogens is 224 g/mol. The zero-order chi connectivity index (χ0) is 11.3. The molecular formula is C11H20N2S2. The van der Waals surface area contributed by atoms with Crippen LogP contribution in [-0.2, 0) is 6.54 Å². The molecule has 15 heavy (non-hydrogen) atoms. The van der Waals surface area contributed by atoms with Crippen molar-refractivity contribution in [1.29, 1.82) is 0 Å². The first-order valence-corrected chi connectivity index (χ1v) is 7.42. The van der Waals surface area contributed by atoms with Crippen molar-refractivity contribution in [3.05, 3.63) is 16.1 Å². The van der Waals surface area contributed by atoms with Crippen molar-refractivity contribution in [2.75, 3.05) is 12.8 Å². The Kier molecular flexibility index (Phi) is 5.64. The highest BCUT2D eigenvalue weighted by Gasteiger charge is 2.05. The second-order valence-electron chi connectivity index (χ2n) is 4.00. The van der Waals surface area contributed by atoms with Gasteiger partial charge in [-0.05, 0) is 6.26 Å². The highest BCUT2D eigenvalue weighted by Crippen LogP contribution is 2.20. The van der Waals surface area contributed by atoms with E-state index in [0.717, 1.165) is 13.1 Å². The number of aromatic nitrogens is 1. The van der Waals surface area contributed by atoms with E-state index in [0.29, 0.717) is 11.2 Å². The van der Waals surface area contributed by atoms with Crippen molar-refractivity contribution < 1.29 is 0 Å². The minimum Gasteiger partial charge on any atom is -0.311 e. The fourth-order valence-corrected chi connectivity index (χ4v) is 2.33. The molecule has 0 amide bonds. The van der Waals surface area contributed by atoms with Crippen LogP contribution in [0.15, 0.2) is 6.20 Å². The monoisotopic (exact) mass is 244 g/mol. The number of thioether (sulfide) groups is 1. The van der Waals surface area contributed by atoms with Crippen LogP contribution < -0.4 is 5.32 Å². The summed E-state index contributed by atoms with van der Waals surface area (Å²) in [6.45, 7) is 8.63. The van der Waals surface area contributed by atoms with E-state index in [1.807, 2.05) is 29.3 Å². The molecule has 0 fully saturated rings. The lowest BCUT2D eigenvalue weighted by molar-refractivity contribution is 0.690. The molecule has 0 bridgehead atoms. The molecule has 0 radical (unpaired) electrons. The Morgan fingerprint density at radius 3 is 2.73 bits per heavy atom. The molecule has 4 heteroatoms. The van der Waals surface area contributed by atoms with Crippen LogP contribution in [0.1, 0.15) is 36.6 Å². The molecule has 0 aliphatic heterocycles. The smallest absolute Gasteiger partial charge is 0.0953 e. The summed E-state index contributed by atoms with van der Waals surface area (Å²) in [5, 5.41) is 5.38. The minimum absolute atomic E-state index is 0.550. The van der Waals surface area contributed by atoms with Crippen LogP contribution in [0.2, 0.25) is 0 Å². The van der Waals surface area contributed by atoms with Gasteiger partial charge in [0.05, 0.1) is 5.01 Å². The third-order valence-electron chi connectivity index (χ3n) is 2.20. The average molecular weight is 244 g/mol. The van der Waals surface area contributed by atoms with Crippen molar-refractivity contribution in [3.8, 4) is 0 Å². The Bertz CT molecular complexity index is 284. The Hall–Kier alpha value is -0.0600. The molecule has 1 aromatic rings. The zero-order valence-electron chi connectivity index (χ0n) is 9.91. The third kappa shape index (κ3) is 4.53. The Balaban J connectivity index is 2.31. The molecule has 0 aliphatic carbocycles. The average Bonchev–Trinajstić information content (AvgIpc) is 2.66. The van der Waals surface area contributed by atoms with Crippen LogP contribution in [-0.4, -0.2) is 23.0 Å². The van der Waals surface area contributed by atoms with Gasteiger partial charge in [0.25, 0.3) is 0 Å². The van der Waals surface area contributed by atoms with E-state index in [9.17, 15) is 0 Å². The molecule has 0 aliphatic rings. The predicted octanol–water partition coefficient (Wildman–Crippen LogP) is 3.11. The van der Waals surface area contributed by atoms with E-state index in [2.05, 4.69) is 37.3 Å². The van der Waals surface area contributed by atoms with Gasteiger partial charge in [-0.25, -0.2) is 4.98 Å². The molecule has 0 spiro atoms. The first-order chi connectivity index (χ1) is 7.13. The zero-order valence-corrected chi connectivity index (χ0v) is 11.5.